The summed E-state index contributed by atoms with van der Waals surface area (Å²) in [5.41, 5.74) is 6.76. The lowest BCUT2D eigenvalue weighted by molar-refractivity contribution is 0.596. The van der Waals surface area contributed by atoms with Gasteiger partial charge in [0.1, 0.15) is 10.5 Å². The highest BCUT2D eigenvalue weighted by Crippen LogP contribution is 2.23. The SMILES string of the molecule is CCCS(=O)(=O)CCSc1nc(N)nc2nc[nH]c12. The molecule has 0 radical (unpaired) electrons. The number of imidazole rings is 1. The molecule has 0 amide bonds. The van der Waals surface area contributed by atoms with E-state index in [1.807, 2.05) is 6.92 Å². The second kappa shape index (κ2) is 5.74. The Bertz CT molecular complexity index is 668. The molecule has 2 heterocycles. The number of fused-ring (bicyclic) bond motifs is 1. The van der Waals surface area contributed by atoms with Gasteiger partial charge in [0.2, 0.25) is 5.95 Å². The van der Waals surface area contributed by atoms with Gasteiger partial charge >= 0.3 is 0 Å². The zero-order chi connectivity index (χ0) is 13.9. The maximum Gasteiger partial charge on any atom is 0.223 e. The van der Waals surface area contributed by atoms with Gasteiger partial charge in [0.25, 0.3) is 0 Å². The van der Waals surface area contributed by atoms with Gasteiger partial charge in [-0.15, -0.1) is 11.8 Å². The molecule has 2 aromatic heterocycles. The average Bonchev–Trinajstić information content (AvgIpc) is 2.76. The summed E-state index contributed by atoms with van der Waals surface area (Å²) in [7, 11) is -2.97. The van der Waals surface area contributed by atoms with E-state index >= 15 is 0 Å². The van der Waals surface area contributed by atoms with E-state index in [2.05, 4.69) is 19.9 Å². The number of rotatable bonds is 6. The van der Waals surface area contributed by atoms with Crippen molar-refractivity contribution in [2.24, 2.45) is 0 Å². The van der Waals surface area contributed by atoms with Crippen LogP contribution in [0, 0.1) is 0 Å². The van der Waals surface area contributed by atoms with Crippen molar-refractivity contribution < 1.29 is 8.42 Å². The summed E-state index contributed by atoms with van der Waals surface area (Å²) in [6.07, 6.45) is 2.15. The molecule has 0 unspecified atom stereocenters. The zero-order valence-corrected chi connectivity index (χ0v) is 12.1. The second-order valence-electron chi connectivity index (χ2n) is 3.99. The lowest BCUT2D eigenvalue weighted by Gasteiger charge is -2.04. The Hall–Kier alpha value is -1.35. The number of hydrogen-bond donors (Lipinski definition) is 2. The molecule has 0 aliphatic carbocycles. The summed E-state index contributed by atoms with van der Waals surface area (Å²) in [6, 6.07) is 0. The molecule has 0 fully saturated rings. The van der Waals surface area contributed by atoms with Crippen LogP contribution in [0.15, 0.2) is 11.4 Å². The monoisotopic (exact) mass is 301 g/mol. The fourth-order valence-corrected chi connectivity index (χ4v) is 4.43. The molecule has 0 saturated heterocycles. The molecular weight excluding hydrogens is 286 g/mol. The van der Waals surface area contributed by atoms with Crippen LogP contribution in [-0.2, 0) is 9.84 Å². The van der Waals surface area contributed by atoms with Gasteiger partial charge in [-0.3, -0.25) is 0 Å². The molecule has 0 aliphatic rings. The molecule has 0 saturated carbocycles. The summed E-state index contributed by atoms with van der Waals surface area (Å²) in [4.78, 5) is 15.0. The van der Waals surface area contributed by atoms with Crippen LogP contribution in [0.5, 0.6) is 0 Å². The minimum Gasteiger partial charge on any atom is -0.368 e. The number of anilines is 1. The van der Waals surface area contributed by atoms with Crippen LogP contribution in [-0.4, -0.2) is 45.6 Å². The van der Waals surface area contributed by atoms with E-state index in [9.17, 15) is 8.42 Å². The molecule has 3 N–H and O–H groups in total. The number of aromatic nitrogens is 4. The van der Waals surface area contributed by atoms with Crippen LogP contribution >= 0.6 is 11.8 Å². The van der Waals surface area contributed by atoms with Gasteiger partial charge in [-0.1, -0.05) is 6.92 Å². The van der Waals surface area contributed by atoms with Gasteiger partial charge in [0.15, 0.2) is 15.5 Å². The van der Waals surface area contributed by atoms with Crippen LogP contribution in [0.4, 0.5) is 5.95 Å². The van der Waals surface area contributed by atoms with E-state index in [-0.39, 0.29) is 17.5 Å². The van der Waals surface area contributed by atoms with Crippen molar-refractivity contribution in [1.29, 1.82) is 0 Å². The highest BCUT2D eigenvalue weighted by Gasteiger charge is 2.12. The Morgan fingerprint density at radius 2 is 2.16 bits per heavy atom. The van der Waals surface area contributed by atoms with Crippen molar-refractivity contribution in [2.45, 2.75) is 18.4 Å². The third-order valence-corrected chi connectivity index (χ3v) is 5.51. The number of H-pyrrole nitrogens is 1. The summed E-state index contributed by atoms with van der Waals surface area (Å²) in [5, 5.41) is 0.631. The van der Waals surface area contributed by atoms with Gasteiger partial charge < -0.3 is 10.7 Å². The van der Waals surface area contributed by atoms with Crippen molar-refractivity contribution in [2.75, 3.05) is 23.0 Å². The number of nitrogens with two attached hydrogens (primary N) is 1. The molecule has 0 aliphatic heterocycles. The summed E-state index contributed by atoms with van der Waals surface area (Å²) < 4.78 is 23.2. The quantitative estimate of drug-likeness (QED) is 0.600. The molecule has 2 rings (SSSR count). The number of nitrogens with one attached hydrogen (secondary N) is 1. The zero-order valence-electron chi connectivity index (χ0n) is 10.5. The van der Waals surface area contributed by atoms with Crippen molar-refractivity contribution in [1.82, 2.24) is 19.9 Å². The van der Waals surface area contributed by atoms with Crippen molar-refractivity contribution in [3.8, 4) is 0 Å². The summed E-state index contributed by atoms with van der Waals surface area (Å²) in [6.45, 7) is 1.85. The Labute approximate surface area is 115 Å². The smallest absolute Gasteiger partial charge is 0.223 e. The molecule has 19 heavy (non-hydrogen) atoms. The number of sulfone groups is 1. The number of aromatic amines is 1. The largest absolute Gasteiger partial charge is 0.368 e. The lowest BCUT2D eigenvalue weighted by atomic mass is 10.5. The molecule has 104 valence electrons. The van der Waals surface area contributed by atoms with E-state index in [4.69, 9.17) is 5.73 Å². The normalized spacial score (nSPS) is 12.1. The molecule has 0 aromatic carbocycles. The third kappa shape index (κ3) is 3.57. The summed E-state index contributed by atoms with van der Waals surface area (Å²) in [5.74, 6) is 0.926. The first-order valence-corrected chi connectivity index (χ1v) is 8.62. The van der Waals surface area contributed by atoms with Gasteiger partial charge in [-0.25, -0.2) is 18.4 Å². The molecule has 0 atom stereocenters. The number of nitrogen functional groups attached to an aromatic ring is 1. The minimum absolute atomic E-state index is 0.130. The minimum atomic E-state index is -2.97. The van der Waals surface area contributed by atoms with E-state index < -0.39 is 9.84 Å². The van der Waals surface area contributed by atoms with Gasteiger partial charge in [0, 0.05) is 11.5 Å². The van der Waals surface area contributed by atoms with Crippen LogP contribution in [0.25, 0.3) is 11.2 Å². The van der Waals surface area contributed by atoms with Crippen molar-refractivity contribution >= 4 is 38.7 Å². The molecule has 0 spiro atoms. The van der Waals surface area contributed by atoms with Crippen LogP contribution in [0.3, 0.4) is 0 Å². The molecule has 7 nitrogen and oxygen atoms in total. The summed E-state index contributed by atoms with van der Waals surface area (Å²) >= 11 is 1.34. The number of nitrogens with zero attached hydrogens (tertiary/aromatic N) is 3. The van der Waals surface area contributed by atoms with Crippen molar-refractivity contribution in [3.05, 3.63) is 6.33 Å². The first kappa shape index (κ1) is 14.1. The lowest BCUT2D eigenvalue weighted by Crippen LogP contribution is -2.12. The Balaban J connectivity index is 2.08. The second-order valence-corrected chi connectivity index (χ2v) is 7.38. The fraction of sp³-hybridized carbons (Fsp3) is 0.500. The molecular formula is C10H15N5O2S2. The van der Waals surface area contributed by atoms with Crippen molar-refractivity contribution in [3.63, 3.8) is 0 Å². The maximum atomic E-state index is 11.6. The highest BCUT2D eigenvalue weighted by molar-refractivity contribution is 8.00. The number of thioether (sulfide) groups is 1. The standard InChI is InChI=1S/C10H15N5O2S2/c1-2-4-19(16,17)5-3-18-9-7-8(13-6-12-7)14-10(11)15-9/h6H,2-5H2,1H3,(H3,11,12,13,14,15). The average molecular weight is 301 g/mol. The van der Waals surface area contributed by atoms with E-state index in [1.165, 1.54) is 18.1 Å². The molecule has 2 aromatic rings. The van der Waals surface area contributed by atoms with Crippen LogP contribution in [0.2, 0.25) is 0 Å². The van der Waals surface area contributed by atoms with E-state index in [0.29, 0.717) is 28.4 Å². The molecule has 9 heteroatoms. The topological polar surface area (TPSA) is 115 Å². The van der Waals surface area contributed by atoms with E-state index in [1.54, 1.807) is 0 Å². The number of hydrogen-bond acceptors (Lipinski definition) is 7. The first-order valence-electron chi connectivity index (χ1n) is 5.81. The first-order chi connectivity index (χ1) is 9.02. The Kier molecular flexibility index (Phi) is 4.25. The molecule has 0 bridgehead atoms. The van der Waals surface area contributed by atoms with Crippen LogP contribution in [0.1, 0.15) is 13.3 Å². The van der Waals surface area contributed by atoms with Crippen LogP contribution < -0.4 is 5.73 Å². The van der Waals surface area contributed by atoms with E-state index in [0.717, 1.165) is 0 Å². The fourth-order valence-electron chi connectivity index (χ4n) is 1.61. The van der Waals surface area contributed by atoms with Gasteiger partial charge in [-0.05, 0) is 6.42 Å². The van der Waals surface area contributed by atoms with Gasteiger partial charge in [-0.2, -0.15) is 4.98 Å². The Morgan fingerprint density at radius 1 is 1.37 bits per heavy atom. The van der Waals surface area contributed by atoms with Gasteiger partial charge in [0.05, 0.1) is 12.1 Å². The predicted octanol–water partition coefficient (Wildman–Crippen LogP) is 0.852. The predicted molar refractivity (Wildman–Crippen MR) is 75.8 cm³/mol. The Morgan fingerprint density at radius 3 is 2.89 bits per heavy atom. The third-order valence-electron chi connectivity index (χ3n) is 2.42. The highest BCUT2D eigenvalue weighted by atomic mass is 32.2. The maximum absolute atomic E-state index is 11.6.